The van der Waals surface area contributed by atoms with Crippen molar-refractivity contribution < 1.29 is 18.9 Å². The summed E-state index contributed by atoms with van der Waals surface area (Å²) < 4.78 is 11.2. The van der Waals surface area contributed by atoms with E-state index in [1.165, 1.54) is 18.3 Å². The van der Waals surface area contributed by atoms with Crippen LogP contribution in [0.1, 0.15) is 22.5 Å². The van der Waals surface area contributed by atoms with Crippen LogP contribution < -0.4 is 10.2 Å². The number of nitrogens with one attached hydrogen (secondary N) is 1. The predicted molar refractivity (Wildman–Crippen MR) is 113 cm³/mol. The smallest absolute Gasteiger partial charge is 0.277 e. The lowest BCUT2D eigenvalue weighted by molar-refractivity contribution is -0.384. The molecule has 0 bridgehead atoms. The van der Waals surface area contributed by atoms with E-state index in [4.69, 9.17) is 9.15 Å². The van der Waals surface area contributed by atoms with E-state index < -0.39 is 10.8 Å². The number of nitro benzene ring substituents is 1. The van der Waals surface area contributed by atoms with E-state index in [0.29, 0.717) is 17.3 Å². The van der Waals surface area contributed by atoms with Gasteiger partial charge in [-0.2, -0.15) is 5.10 Å². The fourth-order valence-corrected chi connectivity index (χ4v) is 2.97. The molecule has 0 aliphatic rings. The summed E-state index contributed by atoms with van der Waals surface area (Å²) in [5, 5.41) is 14.7. The molecular formula is C22H21N3O5. The van der Waals surface area contributed by atoms with Crippen LogP contribution in [-0.2, 0) is 4.79 Å². The molecule has 0 aliphatic carbocycles. The average molecular weight is 407 g/mol. The van der Waals surface area contributed by atoms with E-state index in [1.54, 1.807) is 25.1 Å². The quantitative estimate of drug-likeness (QED) is 0.357. The Morgan fingerprint density at radius 3 is 2.53 bits per heavy atom. The van der Waals surface area contributed by atoms with Gasteiger partial charge in [-0.1, -0.05) is 6.07 Å². The van der Waals surface area contributed by atoms with Crippen LogP contribution >= 0.6 is 0 Å². The third-order valence-electron chi connectivity index (χ3n) is 4.26. The van der Waals surface area contributed by atoms with Gasteiger partial charge in [-0.15, -0.1) is 0 Å². The topological polar surface area (TPSA) is 107 Å². The summed E-state index contributed by atoms with van der Waals surface area (Å²) >= 11 is 0. The maximum Gasteiger partial charge on any atom is 0.277 e. The minimum atomic E-state index is -0.441. The summed E-state index contributed by atoms with van der Waals surface area (Å²) in [5.41, 5.74) is 5.98. The highest BCUT2D eigenvalue weighted by Gasteiger charge is 2.12. The van der Waals surface area contributed by atoms with Gasteiger partial charge in [0, 0.05) is 17.7 Å². The van der Waals surface area contributed by atoms with E-state index in [0.717, 1.165) is 22.3 Å². The largest absolute Gasteiger partial charge is 0.484 e. The minimum Gasteiger partial charge on any atom is -0.484 e. The molecule has 3 rings (SSSR count). The fraction of sp³-hybridized carbons (Fsp3) is 0.182. The second-order valence-electron chi connectivity index (χ2n) is 6.86. The number of nitrogens with zero attached hydrogens (tertiary/aromatic N) is 2. The van der Waals surface area contributed by atoms with Crippen LogP contribution in [0.3, 0.4) is 0 Å². The van der Waals surface area contributed by atoms with Gasteiger partial charge in [-0.05, 0) is 67.8 Å². The molecule has 8 heteroatoms. The molecule has 0 fully saturated rings. The van der Waals surface area contributed by atoms with Gasteiger partial charge in [0.25, 0.3) is 11.6 Å². The number of carbonyl (C=O) groups excluding carboxylic acids is 1. The molecule has 0 spiro atoms. The Kier molecular flexibility index (Phi) is 6.26. The zero-order valence-corrected chi connectivity index (χ0v) is 16.8. The summed E-state index contributed by atoms with van der Waals surface area (Å²) in [7, 11) is 0. The molecule has 3 aromatic rings. The molecule has 1 amide bonds. The first-order valence-electron chi connectivity index (χ1n) is 9.20. The maximum atomic E-state index is 11.9. The summed E-state index contributed by atoms with van der Waals surface area (Å²) in [6.45, 7) is 5.53. The Bertz CT molecular complexity index is 1100. The Hall–Kier alpha value is -3.94. The van der Waals surface area contributed by atoms with Crippen molar-refractivity contribution in [1.29, 1.82) is 0 Å². The molecule has 0 aliphatic heterocycles. The van der Waals surface area contributed by atoms with Crippen LogP contribution in [-0.4, -0.2) is 23.7 Å². The zero-order chi connectivity index (χ0) is 21.7. The molecule has 1 N–H and O–H groups in total. The Balaban J connectivity index is 1.56. The molecule has 2 aromatic carbocycles. The van der Waals surface area contributed by atoms with Crippen molar-refractivity contribution >= 4 is 17.8 Å². The molecule has 8 nitrogen and oxygen atoms in total. The highest BCUT2D eigenvalue weighted by Crippen LogP contribution is 2.28. The van der Waals surface area contributed by atoms with Crippen LogP contribution in [0.4, 0.5) is 5.69 Å². The lowest BCUT2D eigenvalue weighted by Gasteiger charge is -2.07. The molecule has 0 saturated carbocycles. The molecule has 1 aromatic heterocycles. The molecule has 0 radical (unpaired) electrons. The van der Waals surface area contributed by atoms with Gasteiger partial charge in [0.1, 0.15) is 17.3 Å². The Morgan fingerprint density at radius 2 is 1.87 bits per heavy atom. The number of amides is 1. The van der Waals surface area contributed by atoms with Crippen LogP contribution in [0.5, 0.6) is 5.75 Å². The highest BCUT2D eigenvalue weighted by atomic mass is 16.6. The molecule has 0 atom stereocenters. The van der Waals surface area contributed by atoms with E-state index in [1.807, 2.05) is 32.0 Å². The number of aryl methyl sites for hydroxylation is 3. The van der Waals surface area contributed by atoms with Crippen molar-refractivity contribution in [3.63, 3.8) is 0 Å². The number of hydrogen-bond donors (Lipinski definition) is 1. The van der Waals surface area contributed by atoms with Gasteiger partial charge < -0.3 is 9.15 Å². The molecule has 1 heterocycles. The van der Waals surface area contributed by atoms with Gasteiger partial charge in [0.15, 0.2) is 6.61 Å². The second kappa shape index (κ2) is 9.04. The average Bonchev–Trinajstić information content (AvgIpc) is 3.14. The number of non-ortho nitro benzene ring substituents is 1. The summed E-state index contributed by atoms with van der Waals surface area (Å²) in [6, 6.07) is 13.7. The predicted octanol–water partition coefficient (Wildman–Crippen LogP) is 4.31. The summed E-state index contributed by atoms with van der Waals surface area (Å²) in [4.78, 5) is 22.3. The van der Waals surface area contributed by atoms with E-state index in [2.05, 4.69) is 10.5 Å². The standard InChI is InChI=1S/C22H21N3O5/c1-14-8-15(2)10-19(9-14)29-13-22(26)24-23-12-18-5-7-21(30-18)20-6-4-17(25(27)28)11-16(20)3/h4-12H,13H2,1-3H3,(H,24,26)/b23-12-. The SMILES string of the molecule is Cc1cc(C)cc(OCC(=O)N/N=C\c2ccc(-c3ccc([N+](=O)[O-])cc3C)o2)c1. The number of furan rings is 1. The first-order chi connectivity index (χ1) is 14.3. The van der Waals surface area contributed by atoms with Gasteiger partial charge in [-0.25, -0.2) is 5.43 Å². The molecule has 30 heavy (non-hydrogen) atoms. The van der Waals surface area contributed by atoms with Gasteiger partial charge in [-0.3, -0.25) is 14.9 Å². The number of ether oxygens (including phenoxy) is 1. The van der Waals surface area contributed by atoms with Crippen LogP contribution in [0.25, 0.3) is 11.3 Å². The third-order valence-corrected chi connectivity index (χ3v) is 4.26. The van der Waals surface area contributed by atoms with Gasteiger partial charge in [0.2, 0.25) is 0 Å². The number of nitro groups is 1. The second-order valence-corrected chi connectivity index (χ2v) is 6.86. The zero-order valence-electron chi connectivity index (χ0n) is 16.8. The normalized spacial score (nSPS) is 10.9. The van der Waals surface area contributed by atoms with Gasteiger partial charge in [0.05, 0.1) is 11.1 Å². The van der Waals surface area contributed by atoms with E-state index in [9.17, 15) is 14.9 Å². The Labute approximate surface area is 173 Å². The highest BCUT2D eigenvalue weighted by molar-refractivity contribution is 5.81. The number of carbonyl (C=O) groups is 1. The Morgan fingerprint density at radius 1 is 1.13 bits per heavy atom. The van der Waals surface area contributed by atoms with Crippen molar-refractivity contribution in [1.82, 2.24) is 5.43 Å². The first-order valence-corrected chi connectivity index (χ1v) is 9.20. The minimum absolute atomic E-state index is 0.0235. The van der Waals surface area contributed by atoms with E-state index in [-0.39, 0.29) is 12.3 Å². The molecular weight excluding hydrogens is 386 g/mol. The van der Waals surface area contributed by atoms with Crippen molar-refractivity contribution in [2.24, 2.45) is 5.10 Å². The van der Waals surface area contributed by atoms with Crippen LogP contribution in [0.2, 0.25) is 0 Å². The van der Waals surface area contributed by atoms with E-state index >= 15 is 0 Å². The number of benzene rings is 2. The molecule has 0 saturated heterocycles. The van der Waals surface area contributed by atoms with Crippen molar-refractivity contribution in [2.75, 3.05) is 6.61 Å². The fourth-order valence-electron chi connectivity index (χ4n) is 2.97. The van der Waals surface area contributed by atoms with Crippen LogP contribution in [0, 0.1) is 30.9 Å². The molecule has 154 valence electrons. The maximum absolute atomic E-state index is 11.9. The lowest BCUT2D eigenvalue weighted by atomic mass is 10.1. The lowest BCUT2D eigenvalue weighted by Crippen LogP contribution is -2.24. The van der Waals surface area contributed by atoms with Gasteiger partial charge >= 0.3 is 0 Å². The molecule has 0 unspecified atom stereocenters. The van der Waals surface area contributed by atoms with Crippen molar-refractivity contribution in [3.05, 3.63) is 81.1 Å². The van der Waals surface area contributed by atoms with Crippen LogP contribution in [0.15, 0.2) is 58.0 Å². The number of hydrazone groups is 1. The monoisotopic (exact) mass is 407 g/mol. The third kappa shape index (κ3) is 5.32. The first kappa shape index (κ1) is 20.8. The summed E-state index contributed by atoms with van der Waals surface area (Å²) in [6.07, 6.45) is 1.37. The van der Waals surface area contributed by atoms with Crippen molar-refractivity contribution in [3.8, 4) is 17.1 Å². The summed E-state index contributed by atoms with van der Waals surface area (Å²) in [5.74, 6) is 1.20. The van der Waals surface area contributed by atoms with Crippen molar-refractivity contribution in [2.45, 2.75) is 20.8 Å². The number of hydrogen-bond acceptors (Lipinski definition) is 6. The number of rotatable bonds is 7.